The Morgan fingerprint density at radius 3 is 2.86 bits per heavy atom. The van der Waals surface area contributed by atoms with E-state index in [1.807, 2.05) is 0 Å². The van der Waals surface area contributed by atoms with Crippen molar-refractivity contribution in [1.82, 2.24) is 5.32 Å². The van der Waals surface area contributed by atoms with E-state index in [0.717, 1.165) is 29.2 Å². The fourth-order valence-corrected chi connectivity index (χ4v) is 3.32. The molecular weight excluding hydrogens is 326 g/mol. The van der Waals surface area contributed by atoms with Crippen molar-refractivity contribution in [3.05, 3.63) is 28.2 Å². The Morgan fingerprint density at radius 1 is 1.33 bits per heavy atom. The standard InChI is InChI=1S/C18H28BrNO/c1-13(2)11-20-12-15-10-17(7-8-18(15)19)21-16-6-4-5-14(3)9-16/h7-8,10,13-14,16,20H,4-6,9,11-12H2,1-3H3. The first kappa shape index (κ1) is 16.8. The van der Waals surface area contributed by atoms with Gasteiger partial charge in [-0.05, 0) is 61.4 Å². The molecule has 1 aliphatic carbocycles. The molecule has 1 saturated carbocycles. The van der Waals surface area contributed by atoms with Crippen LogP contribution in [0.4, 0.5) is 0 Å². The van der Waals surface area contributed by atoms with E-state index in [1.165, 1.54) is 31.2 Å². The molecule has 21 heavy (non-hydrogen) atoms. The molecule has 0 heterocycles. The molecule has 0 aliphatic heterocycles. The minimum atomic E-state index is 0.395. The number of hydrogen-bond acceptors (Lipinski definition) is 2. The van der Waals surface area contributed by atoms with E-state index in [4.69, 9.17) is 4.74 Å². The van der Waals surface area contributed by atoms with Crippen LogP contribution in [-0.4, -0.2) is 12.6 Å². The van der Waals surface area contributed by atoms with Gasteiger partial charge in [-0.1, -0.05) is 43.1 Å². The monoisotopic (exact) mass is 353 g/mol. The van der Waals surface area contributed by atoms with E-state index in [0.29, 0.717) is 12.0 Å². The number of nitrogens with one attached hydrogen (secondary N) is 1. The van der Waals surface area contributed by atoms with Crippen molar-refractivity contribution in [1.29, 1.82) is 0 Å². The molecule has 2 unspecified atom stereocenters. The van der Waals surface area contributed by atoms with Crippen LogP contribution in [0.5, 0.6) is 5.75 Å². The van der Waals surface area contributed by atoms with Gasteiger partial charge in [0.2, 0.25) is 0 Å². The Hall–Kier alpha value is -0.540. The normalized spacial score (nSPS) is 22.5. The summed E-state index contributed by atoms with van der Waals surface area (Å²) in [7, 11) is 0. The lowest BCUT2D eigenvalue weighted by molar-refractivity contribution is 0.129. The second kappa shape index (κ2) is 8.19. The van der Waals surface area contributed by atoms with Crippen molar-refractivity contribution in [3.8, 4) is 5.75 Å². The first-order valence-corrected chi connectivity index (χ1v) is 8.99. The molecule has 0 saturated heterocycles. The topological polar surface area (TPSA) is 21.3 Å². The van der Waals surface area contributed by atoms with Gasteiger partial charge in [0, 0.05) is 11.0 Å². The van der Waals surface area contributed by atoms with E-state index in [-0.39, 0.29) is 0 Å². The Balaban J connectivity index is 1.94. The molecular formula is C18H28BrNO. The maximum absolute atomic E-state index is 6.20. The Kier molecular flexibility index (Phi) is 6.56. The van der Waals surface area contributed by atoms with E-state index in [1.54, 1.807) is 0 Å². The molecule has 2 nitrogen and oxygen atoms in total. The lowest BCUT2D eigenvalue weighted by atomic mass is 9.89. The minimum Gasteiger partial charge on any atom is -0.490 e. The fraction of sp³-hybridized carbons (Fsp3) is 0.667. The molecule has 118 valence electrons. The summed E-state index contributed by atoms with van der Waals surface area (Å²) in [5.41, 5.74) is 1.28. The predicted molar refractivity (Wildman–Crippen MR) is 92.7 cm³/mol. The van der Waals surface area contributed by atoms with Gasteiger partial charge < -0.3 is 10.1 Å². The highest BCUT2D eigenvalue weighted by molar-refractivity contribution is 9.10. The molecule has 0 amide bonds. The largest absolute Gasteiger partial charge is 0.490 e. The Labute approximate surface area is 137 Å². The molecule has 1 fully saturated rings. The van der Waals surface area contributed by atoms with Gasteiger partial charge in [0.25, 0.3) is 0 Å². The average molecular weight is 354 g/mol. The molecule has 2 rings (SSSR count). The van der Waals surface area contributed by atoms with Gasteiger partial charge in [0.05, 0.1) is 6.10 Å². The molecule has 3 heteroatoms. The molecule has 0 bridgehead atoms. The van der Waals surface area contributed by atoms with Crippen LogP contribution < -0.4 is 10.1 Å². The number of benzene rings is 1. The van der Waals surface area contributed by atoms with Crippen LogP contribution in [0, 0.1) is 11.8 Å². The maximum Gasteiger partial charge on any atom is 0.120 e. The van der Waals surface area contributed by atoms with Gasteiger partial charge >= 0.3 is 0 Å². The van der Waals surface area contributed by atoms with Gasteiger partial charge in [-0.3, -0.25) is 0 Å². The summed E-state index contributed by atoms with van der Waals surface area (Å²) in [5, 5.41) is 3.49. The van der Waals surface area contributed by atoms with Crippen LogP contribution in [0.2, 0.25) is 0 Å². The molecule has 0 radical (unpaired) electrons. The molecule has 0 spiro atoms. The molecule has 1 aromatic rings. The summed E-state index contributed by atoms with van der Waals surface area (Å²) in [5.74, 6) is 2.48. The number of ether oxygens (including phenoxy) is 1. The second-order valence-electron chi connectivity index (χ2n) is 6.79. The third-order valence-corrected chi connectivity index (χ3v) is 4.85. The van der Waals surface area contributed by atoms with Gasteiger partial charge in [-0.15, -0.1) is 0 Å². The molecule has 1 aromatic carbocycles. The predicted octanol–water partition coefficient (Wildman–Crippen LogP) is 5.15. The SMILES string of the molecule is CC(C)CNCc1cc(OC2CCCC(C)C2)ccc1Br. The summed E-state index contributed by atoms with van der Waals surface area (Å²) in [6.45, 7) is 8.71. The van der Waals surface area contributed by atoms with Crippen LogP contribution in [0.15, 0.2) is 22.7 Å². The third-order valence-electron chi connectivity index (χ3n) is 4.08. The van der Waals surface area contributed by atoms with E-state index < -0.39 is 0 Å². The summed E-state index contributed by atoms with van der Waals surface area (Å²) in [6.07, 6.45) is 5.43. The zero-order chi connectivity index (χ0) is 15.2. The quantitative estimate of drug-likeness (QED) is 0.763. The lowest BCUT2D eigenvalue weighted by Crippen LogP contribution is -2.24. The van der Waals surface area contributed by atoms with Gasteiger partial charge in [0.15, 0.2) is 0 Å². The van der Waals surface area contributed by atoms with Crippen LogP contribution in [0.25, 0.3) is 0 Å². The lowest BCUT2D eigenvalue weighted by Gasteiger charge is -2.27. The first-order valence-electron chi connectivity index (χ1n) is 8.20. The van der Waals surface area contributed by atoms with Gasteiger partial charge in [-0.25, -0.2) is 0 Å². The van der Waals surface area contributed by atoms with Crippen molar-refractivity contribution >= 4 is 15.9 Å². The minimum absolute atomic E-state index is 0.395. The summed E-state index contributed by atoms with van der Waals surface area (Å²) < 4.78 is 7.36. The second-order valence-corrected chi connectivity index (χ2v) is 7.64. The van der Waals surface area contributed by atoms with E-state index >= 15 is 0 Å². The number of hydrogen-bond donors (Lipinski definition) is 1. The Morgan fingerprint density at radius 2 is 2.14 bits per heavy atom. The van der Waals surface area contributed by atoms with Crippen LogP contribution in [0.1, 0.15) is 52.0 Å². The van der Waals surface area contributed by atoms with Crippen molar-refractivity contribution in [2.75, 3.05) is 6.54 Å². The summed E-state index contributed by atoms with van der Waals surface area (Å²) in [4.78, 5) is 0. The highest BCUT2D eigenvalue weighted by Gasteiger charge is 2.20. The van der Waals surface area contributed by atoms with Crippen molar-refractivity contribution in [3.63, 3.8) is 0 Å². The number of rotatable bonds is 6. The molecule has 1 N–H and O–H groups in total. The van der Waals surface area contributed by atoms with Crippen LogP contribution in [-0.2, 0) is 6.54 Å². The highest BCUT2D eigenvalue weighted by atomic mass is 79.9. The van der Waals surface area contributed by atoms with Crippen molar-refractivity contribution < 1.29 is 4.74 Å². The summed E-state index contributed by atoms with van der Waals surface area (Å²) in [6, 6.07) is 6.36. The average Bonchev–Trinajstić information content (AvgIpc) is 2.42. The first-order chi connectivity index (χ1) is 10.0. The highest BCUT2D eigenvalue weighted by Crippen LogP contribution is 2.29. The fourth-order valence-electron chi connectivity index (χ4n) is 2.93. The van der Waals surface area contributed by atoms with Gasteiger partial charge in [-0.2, -0.15) is 0 Å². The molecule has 2 atom stereocenters. The van der Waals surface area contributed by atoms with Crippen LogP contribution >= 0.6 is 15.9 Å². The Bertz CT molecular complexity index is 447. The zero-order valence-corrected chi connectivity index (χ0v) is 15.1. The van der Waals surface area contributed by atoms with Crippen molar-refractivity contribution in [2.24, 2.45) is 11.8 Å². The van der Waals surface area contributed by atoms with Gasteiger partial charge in [0.1, 0.15) is 5.75 Å². The van der Waals surface area contributed by atoms with Crippen molar-refractivity contribution in [2.45, 2.75) is 59.1 Å². The number of halogens is 1. The van der Waals surface area contributed by atoms with Crippen LogP contribution in [0.3, 0.4) is 0 Å². The zero-order valence-electron chi connectivity index (χ0n) is 13.5. The maximum atomic E-state index is 6.20. The molecule has 0 aromatic heterocycles. The van der Waals surface area contributed by atoms with E-state index in [2.05, 4.69) is 60.2 Å². The summed E-state index contributed by atoms with van der Waals surface area (Å²) >= 11 is 3.64. The van der Waals surface area contributed by atoms with E-state index in [9.17, 15) is 0 Å². The smallest absolute Gasteiger partial charge is 0.120 e. The third kappa shape index (κ3) is 5.63. The molecule has 1 aliphatic rings.